The molecule has 3 nitrogen and oxygen atoms in total. The van der Waals surface area contributed by atoms with Gasteiger partial charge in [0, 0.05) is 31.4 Å². The van der Waals surface area contributed by atoms with Crippen LogP contribution in [0, 0.1) is 19.8 Å². The second kappa shape index (κ2) is 6.74. The molecule has 1 aromatic heterocycles. The van der Waals surface area contributed by atoms with Crippen LogP contribution in [0.1, 0.15) is 37.1 Å². The summed E-state index contributed by atoms with van der Waals surface area (Å²) in [5.74, 6) is 1.82. The van der Waals surface area contributed by atoms with Crippen LogP contribution in [0.15, 0.2) is 6.07 Å². The van der Waals surface area contributed by atoms with Crippen LogP contribution in [0.4, 0.5) is 5.82 Å². The Kier molecular flexibility index (Phi) is 5.60. The average molecular weight is 249 g/mol. The highest BCUT2D eigenvalue weighted by molar-refractivity contribution is 5.51. The fourth-order valence-corrected chi connectivity index (χ4v) is 2.24. The first-order valence-corrected chi connectivity index (χ1v) is 6.82. The predicted octanol–water partition coefficient (Wildman–Crippen LogP) is 2.90. The van der Waals surface area contributed by atoms with Crippen LogP contribution in [0.3, 0.4) is 0 Å². The minimum absolute atomic E-state index is 0.694. The molecule has 1 aromatic rings. The molecule has 1 atom stereocenters. The normalized spacial score (nSPS) is 12.6. The summed E-state index contributed by atoms with van der Waals surface area (Å²) in [7, 11) is 4.13. The highest BCUT2D eigenvalue weighted by Gasteiger charge is 2.14. The fraction of sp³-hybridized carbons (Fsp3) is 0.667. The Bertz CT molecular complexity index is 388. The molecule has 1 heterocycles. The maximum atomic E-state index is 4.73. The molecule has 1 rings (SSSR count). The van der Waals surface area contributed by atoms with E-state index in [1.807, 2.05) is 7.05 Å². The van der Waals surface area contributed by atoms with Crippen molar-refractivity contribution < 1.29 is 0 Å². The van der Waals surface area contributed by atoms with Crippen LogP contribution >= 0.6 is 0 Å². The van der Waals surface area contributed by atoms with Gasteiger partial charge in [-0.15, -0.1) is 0 Å². The highest BCUT2D eigenvalue weighted by Crippen LogP contribution is 2.22. The summed E-state index contributed by atoms with van der Waals surface area (Å²) >= 11 is 0. The van der Waals surface area contributed by atoms with E-state index in [1.165, 1.54) is 17.5 Å². The van der Waals surface area contributed by atoms with Gasteiger partial charge in [0.15, 0.2) is 0 Å². The SMILES string of the molecule is CCC(C)CN(C)c1nc(C)cc(C)c1CNC. The molecule has 0 saturated carbocycles. The van der Waals surface area contributed by atoms with Crippen LogP contribution in [0.25, 0.3) is 0 Å². The van der Waals surface area contributed by atoms with Crippen molar-refractivity contribution >= 4 is 5.82 Å². The molecular formula is C15H27N3. The van der Waals surface area contributed by atoms with Gasteiger partial charge in [0.2, 0.25) is 0 Å². The summed E-state index contributed by atoms with van der Waals surface area (Å²) in [5, 5.41) is 3.24. The molecule has 0 aliphatic carbocycles. The molecule has 0 bridgehead atoms. The van der Waals surface area contributed by atoms with Crippen molar-refractivity contribution in [3.05, 3.63) is 22.9 Å². The molecule has 0 fully saturated rings. The van der Waals surface area contributed by atoms with Crippen molar-refractivity contribution in [1.82, 2.24) is 10.3 Å². The fourth-order valence-electron chi connectivity index (χ4n) is 2.24. The minimum Gasteiger partial charge on any atom is -0.359 e. The monoisotopic (exact) mass is 249 g/mol. The summed E-state index contributed by atoms with van der Waals surface area (Å²) in [6, 6.07) is 2.16. The van der Waals surface area contributed by atoms with Crippen molar-refractivity contribution in [3.63, 3.8) is 0 Å². The van der Waals surface area contributed by atoms with Crippen LogP contribution in [0.2, 0.25) is 0 Å². The first-order chi connectivity index (χ1) is 8.49. The summed E-state index contributed by atoms with van der Waals surface area (Å²) in [6.07, 6.45) is 1.20. The van der Waals surface area contributed by atoms with Crippen molar-refractivity contribution in [1.29, 1.82) is 0 Å². The van der Waals surface area contributed by atoms with Crippen LogP contribution in [0.5, 0.6) is 0 Å². The van der Waals surface area contributed by atoms with Crippen molar-refractivity contribution in [2.45, 2.75) is 40.7 Å². The minimum atomic E-state index is 0.694. The van der Waals surface area contributed by atoms with E-state index in [2.05, 4.69) is 51.0 Å². The lowest BCUT2D eigenvalue weighted by atomic mass is 10.1. The third-order valence-corrected chi connectivity index (χ3v) is 3.45. The average Bonchev–Trinajstić information content (AvgIpc) is 2.32. The molecule has 1 unspecified atom stereocenters. The quantitative estimate of drug-likeness (QED) is 0.840. The topological polar surface area (TPSA) is 28.2 Å². The molecular weight excluding hydrogens is 222 g/mol. The molecule has 0 saturated heterocycles. The van der Waals surface area contributed by atoms with Crippen LogP contribution in [-0.2, 0) is 6.54 Å². The standard InChI is InChI=1S/C15H27N3/c1-7-11(2)10-18(6)15-14(9-16-5)12(3)8-13(4)17-15/h8,11,16H,7,9-10H2,1-6H3. The van der Waals surface area contributed by atoms with E-state index in [4.69, 9.17) is 4.98 Å². The number of nitrogens with one attached hydrogen (secondary N) is 1. The van der Waals surface area contributed by atoms with Crippen molar-refractivity contribution in [3.8, 4) is 0 Å². The van der Waals surface area contributed by atoms with Crippen LogP contribution in [-0.4, -0.2) is 25.6 Å². The second-order valence-corrected chi connectivity index (χ2v) is 5.31. The van der Waals surface area contributed by atoms with Gasteiger partial charge >= 0.3 is 0 Å². The summed E-state index contributed by atoms with van der Waals surface area (Å²) in [6.45, 7) is 10.7. The lowest BCUT2D eigenvalue weighted by Gasteiger charge is -2.25. The Hall–Kier alpha value is -1.09. The van der Waals surface area contributed by atoms with Gasteiger partial charge in [0.25, 0.3) is 0 Å². The van der Waals surface area contributed by atoms with Gasteiger partial charge in [-0.3, -0.25) is 0 Å². The van der Waals surface area contributed by atoms with Gasteiger partial charge < -0.3 is 10.2 Å². The van der Waals surface area contributed by atoms with E-state index >= 15 is 0 Å². The molecule has 0 spiro atoms. The number of pyridine rings is 1. The van der Waals surface area contributed by atoms with E-state index in [0.717, 1.165) is 24.6 Å². The van der Waals surface area contributed by atoms with E-state index in [0.29, 0.717) is 5.92 Å². The van der Waals surface area contributed by atoms with Gasteiger partial charge in [0.1, 0.15) is 5.82 Å². The molecule has 0 radical (unpaired) electrons. The van der Waals surface area contributed by atoms with E-state index in [9.17, 15) is 0 Å². The largest absolute Gasteiger partial charge is 0.359 e. The summed E-state index contributed by atoms with van der Waals surface area (Å²) in [4.78, 5) is 7.02. The van der Waals surface area contributed by atoms with Crippen molar-refractivity contribution in [2.75, 3.05) is 25.5 Å². The second-order valence-electron chi connectivity index (χ2n) is 5.31. The van der Waals surface area contributed by atoms with E-state index in [1.54, 1.807) is 0 Å². The van der Waals surface area contributed by atoms with E-state index in [-0.39, 0.29) is 0 Å². The number of rotatable bonds is 6. The number of hydrogen-bond acceptors (Lipinski definition) is 3. The lowest BCUT2D eigenvalue weighted by molar-refractivity contribution is 0.556. The Morgan fingerprint density at radius 3 is 2.61 bits per heavy atom. The van der Waals surface area contributed by atoms with Gasteiger partial charge in [0.05, 0.1) is 0 Å². The highest BCUT2D eigenvalue weighted by atomic mass is 15.2. The summed E-state index contributed by atoms with van der Waals surface area (Å²) < 4.78 is 0. The molecule has 0 amide bonds. The number of aryl methyl sites for hydroxylation is 2. The molecule has 0 aliphatic rings. The third kappa shape index (κ3) is 3.70. The number of anilines is 1. The predicted molar refractivity (Wildman–Crippen MR) is 79.2 cm³/mol. The Morgan fingerprint density at radius 2 is 2.06 bits per heavy atom. The van der Waals surface area contributed by atoms with Gasteiger partial charge in [-0.2, -0.15) is 0 Å². The number of hydrogen-bond donors (Lipinski definition) is 1. The molecule has 1 N–H and O–H groups in total. The molecule has 0 aromatic carbocycles. The smallest absolute Gasteiger partial charge is 0.133 e. The lowest BCUT2D eigenvalue weighted by Crippen LogP contribution is -2.27. The molecule has 3 heteroatoms. The maximum Gasteiger partial charge on any atom is 0.133 e. The van der Waals surface area contributed by atoms with Crippen molar-refractivity contribution in [2.24, 2.45) is 5.92 Å². The maximum absolute atomic E-state index is 4.73. The first kappa shape index (κ1) is 15.0. The Balaban J connectivity index is 3.04. The molecule has 18 heavy (non-hydrogen) atoms. The summed E-state index contributed by atoms with van der Waals surface area (Å²) in [5.41, 5.74) is 3.73. The zero-order chi connectivity index (χ0) is 13.7. The van der Waals surface area contributed by atoms with E-state index < -0.39 is 0 Å². The molecule has 102 valence electrons. The van der Waals surface area contributed by atoms with Crippen LogP contribution < -0.4 is 10.2 Å². The molecule has 0 aliphatic heterocycles. The zero-order valence-corrected chi connectivity index (χ0v) is 12.7. The van der Waals surface area contributed by atoms with Gasteiger partial charge in [-0.25, -0.2) is 4.98 Å². The first-order valence-electron chi connectivity index (χ1n) is 6.82. The zero-order valence-electron chi connectivity index (χ0n) is 12.7. The number of nitrogens with zero attached hydrogens (tertiary/aromatic N) is 2. The Labute approximate surface area is 112 Å². The Morgan fingerprint density at radius 1 is 1.39 bits per heavy atom. The third-order valence-electron chi connectivity index (χ3n) is 3.45. The number of aromatic nitrogens is 1. The van der Waals surface area contributed by atoms with Gasteiger partial charge in [-0.1, -0.05) is 20.3 Å². The van der Waals surface area contributed by atoms with Gasteiger partial charge in [-0.05, 0) is 38.4 Å².